The van der Waals surface area contributed by atoms with Crippen LogP contribution in [0, 0.1) is 5.82 Å². The molecule has 2 aromatic rings. The molecule has 3 heterocycles. The summed E-state index contributed by atoms with van der Waals surface area (Å²) in [7, 11) is 0. The number of halogens is 1. The Morgan fingerprint density at radius 1 is 1.30 bits per heavy atom. The van der Waals surface area contributed by atoms with Crippen LogP contribution in [0.4, 0.5) is 10.1 Å². The Bertz CT molecular complexity index is 1170. The molecule has 156 valence electrons. The van der Waals surface area contributed by atoms with Crippen molar-refractivity contribution in [3.05, 3.63) is 45.5 Å². The topological polar surface area (TPSA) is 80.6 Å². The number of anilines is 1. The molecule has 30 heavy (non-hydrogen) atoms. The van der Waals surface area contributed by atoms with Gasteiger partial charge >= 0.3 is 5.97 Å². The maximum absolute atomic E-state index is 15.4. The summed E-state index contributed by atoms with van der Waals surface area (Å²) in [6, 6.07) is 1.11. The molecule has 1 atom stereocenters. The van der Waals surface area contributed by atoms with Crippen LogP contribution >= 0.6 is 0 Å². The zero-order valence-corrected chi connectivity index (χ0v) is 16.6. The molecular weight excluding hydrogens is 389 g/mol. The number of rotatable bonds is 3. The van der Waals surface area contributed by atoms with Crippen LogP contribution in [0.1, 0.15) is 48.1 Å². The van der Waals surface area contributed by atoms with Crippen molar-refractivity contribution >= 4 is 34.5 Å². The van der Waals surface area contributed by atoms with Crippen LogP contribution in [0.25, 0.3) is 17.0 Å². The van der Waals surface area contributed by atoms with Crippen molar-refractivity contribution in [2.24, 2.45) is 0 Å². The lowest BCUT2D eigenvalue weighted by Gasteiger charge is -2.36. The van der Waals surface area contributed by atoms with E-state index >= 15 is 4.39 Å². The van der Waals surface area contributed by atoms with Gasteiger partial charge in [0.25, 0.3) is 0 Å². The number of nitrogens with one attached hydrogen (secondary N) is 1. The van der Waals surface area contributed by atoms with Crippen molar-refractivity contribution in [3.63, 3.8) is 0 Å². The number of carbonyl (C=O) groups excluding carboxylic acids is 2. The highest BCUT2D eigenvalue weighted by Crippen LogP contribution is 2.42. The van der Waals surface area contributed by atoms with Crippen LogP contribution < -0.4 is 15.6 Å². The van der Waals surface area contributed by atoms with Crippen molar-refractivity contribution < 1.29 is 18.7 Å². The van der Waals surface area contributed by atoms with E-state index in [2.05, 4.69) is 5.32 Å². The van der Waals surface area contributed by atoms with Crippen LogP contribution in [0.15, 0.2) is 23.1 Å². The molecule has 2 aliphatic heterocycles. The predicted molar refractivity (Wildman–Crippen MR) is 110 cm³/mol. The maximum atomic E-state index is 15.4. The average molecular weight is 411 g/mol. The minimum absolute atomic E-state index is 0.0932. The van der Waals surface area contributed by atoms with Gasteiger partial charge in [-0.25, -0.2) is 9.18 Å². The van der Waals surface area contributed by atoms with Crippen LogP contribution in [0.3, 0.4) is 0 Å². The number of esters is 1. The van der Waals surface area contributed by atoms with E-state index in [0.29, 0.717) is 24.0 Å². The highest BCUT2D eigenvalue weighted by Gasteiger charge is 2.36. The zero-order valence-electron chi connectivity index (χ0n) is 16.6. The first-order valence-electron chi connectivity index (χ1n) is 10.3. The molecule has 1 aliphatic carbocycles. The fourth-order valence-electron chi connectivity index (χ4n) is 4.47. The van der Waals surface area contributed by atoms with Gasteiger partial charge in [-0.15, -0.1) is 0 Å². The minimum Gasteiger partial charge on any atom is -0.462 e. The summed E-state index contributed by atoms with van der Waals surface area (Å²) in [6.45, 7) is 2.53. The highest BCUT2D eigenvalue weighted by molar-refractivity contribution is 6.04. The van der Waals surface area contributed by atoms with Gasteiger partial charge in [-0.05, 0) is 32.3 Å². The molecule has 2 fully saturated rings. The molecule has 8 heteroatoms. The van der Waals surface area contributed by atoms with Gasteiger partial charge in [0.05, 0.1) is 35.8 Å². The number of nitrogens with zero attached hydrogens (tertiary/aromatic N) is 2. The molecule has 1 saturated heterocycles. The van der Waals surface area contributed by atoms with Crippen molar-refractivity contribution in [2.75, 3.05) is 24.6 Å². The van der Waals surface area contributed by atoms with Gasteiger partial charge in [-0.1, -0.05) is 12.2 Å². The molecule has 1 N–H and O–H groups in total. The summed E-state index contributed by atoms with van der Waals surface area (Å²) < 4.78 is 22.4. The molecule has 0 spiro atoms. The number of hydrogen-bond acceptors (Lipinski definition) is 5. The Morgan fingerprint density at radius 2 is 2.10 bits per heavy atom. The third kappa shape index (κ3) is 2.86. The molecule has 1 amide bonds. The number of carbonyl (C=O) groups is 2. The second-order valence-electron chi connectivity index (χ2n) is 7.93. The SMILES string of the molecule is CCOC(=O)c1cn(C2CC2)c2c3c(c(F)cc2c1=O)N1C(=O)CNCC1CC=C3. The second-order valence-corrected chi connectivity index (χ2v) is 7.93. The van der Waals surface area contributed by atoms with Crippen molar-refractivity contribution in [3.8, 4) is 0 Å². The lowest BCUT2D eigenvalue weighted by Crippen LogP contribution is -2.55. The number of benzene rings is 1. The number of amides is 1. The number of piperazine rings is 1. The molecule has 1 aromatic carbocycles. The summed E-state index contributed by atoms with van der Waals surface area (Å²) >= 11 is 0. The smallest absolute Gasteiger partial charge is 0.343 e. The number of aromatic nitrogens is 1. The van der Waals surface area contributed by atoms with E-state index in [1.54, 1.807) is 13.0 Å². The van der Waals surface area contributed by atoms with Crippen LogP contribution in [-0.4, -0.2) is 42.2 Å². The zero-order chi connectivity index (χ0) is 21.0. The Kier molecular flexibility index (Phi) is 4.47. The van der Waals surface area contributed by atoms with Crippen LogP contribution in [0.5, 0.6) is 0 Å². The van der Waals surface area contributed by atoms with E-state index in [1.165, 1.54) is 17.2 Å². The van der Waals surface area contributed by atoms with E-state index < -0.39 is 17.2 Å². The van der Waals surface area contributed by atoms with E-state index in [4.69, 9.17) is 4.74 Å². The number of pyridine rings is 1. The van der Waals surface area contributed by atoms with E-state index in [0.717, 1.165) is 12.8 Å². The van der Waals surface area contributed by atoms with Gasteiger partial charge in [0.1, 0.15) is 11.4 Å². The van der Waals surface area contributed by atoms with Gasteiger partial charge in [-0.2, -0.15) is 0 Å². The first kappa shape index (κ1) is 19.0. The molecule has 1 aromatic heterocycles. The Hall–Kier alpha value is -3.00. The van der Waals surface area contributed by atoms with E-state index in [9.17, 15) is 14.4 Å². The number of fused-ring (bicyclic) bond motifs is 5. The first-order chi connectivity index (χ1) is 14.5. The molecule has 5 rings (SSSR count). The fourth-order valence-corrected chi connectivity index (χ4v) is 4.47. The summed E-state index contributed by atoms with van der Waals surface area (Å²) in [5, 5.41) is 3.21. The summed E-state index contributed by atoms with van der Waals surface area (Å²) in [6.07, 6.45) is 7.66. The van der Waals surface area contributed by atoms with Gasteiger partial charge in [0.2, 0.25) is 11.3 Å². The molecule has 3 aliphatic rings. The fraction of sp³-hybridized carbons (Fsp3) is 0.409. The normalized spacial score (nSPS) is 20.7. The van der Waals surface area contributed by atoms with Gasteiger partial charge in [-0.3, -0.25) is 9.59 Å². The van der Waals surface area contributed by atoms with Crippen molar-refractivity contribution in [1.29, 1.82) is 0 Å². The molecule has 0 radical (unpaired) electrons. The van der Waals surface area contributed by atoms with Crippen LogP contribution in [-0.2, 0) is 9.53 Å². The Balaban J connectivity index is 1.84. The Labute approximate surface area is 172 Å². The van der Waals surface area contributed by atoms with Crippen LogP contribution in [0.2, 0.25) is 0 Å². The highest BCUT2D eigenvalue weighted by atomic mass is 19.1. The summed E-state index contributed by atoms with van der Waals surface area (Å²) in [5.41, 5.74) is 0.648. The van der Waals surface area contributed by atoms with Crippen molar-refractivity contribution in [1.82, 2.24) is 9.88 Å². The van der Waals surface area contributed by atoms with Gasteiger partial charge in [0, 0.05) is 24.3 Å². The third-order valence-electron chi connectivity index (χ3n) is 5.94. The van der Waals surface area contributed by atoms with Gasteiger partial charge < -0.3 is 19.5 Å². The lowest BCUT2D eigenvalue weighted by molar-refractivity contribution is -0.119. The third-order valence-corrected chi connectivity index (χ3v) is 5.94. The lowest BCUT2D eigenvalue weighted by atomic mass is 10.0. The Morgan fingerprint density at radius 3 is 2.83 bits per heavy atom. The molecular formula is C22H22FN3O4. The first-order valence-corrected chi connectivity index (χ1v) is 10.3. The van der Waals surface area contributed by atoms with E-state index in [1.807, 2.05) is 10.6 Å². The molecule has 1 saturated carbocycles. The maximum Gasteiger partial charge on any atom is 0.343 e. The molecule has 1 unspecified atom stereocenters. The number of hydrogen-bond donors (Lipinski definition) is 1. The number of ether oxygens (including phenoxy) is 1. The largest absolute Gasteiger partial charge is 0.462 e. The monoisotopic (exact) mass is 411 g/mol. The quantitative estimate of drug-likeness (QED) is 0.785. The minimum atomic E-state index is -0.706. The van der Waals surface area contributed by atoms with Gasteiger partial charge in [0.15, 0.2) is 0 Å². The molecule has 7 nitrogen and oxygen atoms in total. The second kappa shape index (κ2) is 7.05. The molecule has 0 bridgehead atoms. The summed E-state index contributed by atoms with van der Waals surface area (Å²) in [4.78, 5) is 39.7. The standard InChI is InChI=1S/C22H22FN3O4/c1-2-30-22(29)16-11-25(12-6-7-12)19-14-5-3-4-13-9-24-10-18(27)26(13)20(14)17(23)8-15(19)21(16)28/h3,5,8,11-13,24H,2,4,6-7,9-10H2,1H3. The van der Waals surface area contributed by atoms with E-state index in [-0.39, 0.29) is 47.8 Å². The predicted octanol–water partition coefficient (Wildman–Crippen LogP) is 2.37. The summed E-state index contributed by atoms with van der Waals surface area (Å²) in [5.74, 6) is -1.54. The average Bonchev–Trinajstić information content (AvgIpc) is 3.55. The van der Waals surface area contributed by atoms with Crippen molar-refractivity contribution in [2.45, 2.75) is 38.3 Å².